The van der Waals surface area contributed by atoms with Gasteiger partial charge in [0.2, 0.25) is 5.89 Å². The number of aromatic nitrogens is 1. The Hall–Kier alpha value is -3.02. The van der Waals surface area contributed by atoms with Gasteiger partial charge in [-0.3, -0.25) is 4.79 Å². The van der Waals surface area contributed by atoms with Crippen LogP contribution in [0.15, 0.2) is 65.1 Å². The minimum atomic E-state index is -1.11. The van der Waals surface area contributed by atoms with Crippen LogP contribution in [0.1, 0.15) is 19.4 Å². The molecule has 0 saturated carbocycles. The topological polar surface area (TPSA) is 64.4 Å². The summed E-state index contributed by atoms with van der Waals surface area (Å²) in [5.74, 6) is 0.731. The second-order valence-electron chi connectivity index (χ2n) is 7.63. The van der Waals surface area contributed by atoms with Crippen molar-refractivity contribution in [2.24, 2.45) is 0 Å². The van der Waals surface area contributed by atoms with Gasteiger partial charge in [-0.05, 0) is 80.9 Å². The highest BCUT2D eigenvalue weighted by molar-refractivity contribution is 6.31. The first kappa shape index (κ1) is 21.2. The summed E-state index contributed by atoms with van der Waals surface area (Å²) in [4.78, 5) is 17.5. The van der Waals surface area contributed by atoms with E-state index in [4.69, 9.17) is 32.4 Å². The van der Waals surface area contributed by atoms with Crippen molar-refractivity contribution < 1.29 is 13.9 Å². The van der Waals surface area contributed by atoms with Gasteiger partial charge in [0.1, 0.15) is 11.3 Å². The quantitative estimate of drug-likeness (QED) is 0.355. The minimum absolute atomic E-state index is 0.285. The molecule has 4 aromatic rings. The second-order valence-corrected chi connectivity index (χ2v) is 8.50. The molecule has 0 aliphatic heterocycles. The first-order valence-corrected chi connectivity index (χ1v) is 10.4. The Kier molecular flexibility index (Phi) is 5.65. The lowest BCUT2D eigenvalue weighted by atomic mass is 10.0. The smallest absolute Gasteiger partial charge is 0.267 e. The van der Waals surface area contributed by atoms with E-state index in [0.29, 0.717) is 38.5 Å². The summed E-state index contributed by atoms with van der Waals surface area (Å²) in [6.07, 6.45) is 0. The highest BCUT2D eigenvalue weighted by Crippen LogP contribution is 2.32. The zero-order valence-corrected chi connectivity index (χ0v) is 18.7. The number of ether oxygens (including phenoxy) is 1. The SMILES string of the molecule is Cc1c(NC(=O)C(C)(C)Oc2ccc(Cl)cc2)cccc1-c1nc2cc(Cl)ccc2o1. The minimum Gasteiger partial charge on any atom is -0.478 e. The van der Waals surface area contributed by atoms with Crippen molar-refractivity contribution in [1.82, 2.24) is 4.98 Å². The van der Waals surface area contributed by atoms with Crippen molar-refractivity contribution in [2.75, 3.05) is 5.32 Å². The molecule has 1 amide bonds. The first-order chi connectivity index (χ1) is 14.7. The van der Waals surface area contributed by atoms with E-state index >= 15 is 0 Å². The number of hydrogen-bond donors (Lipinski definition) is 1. The highest BCUT2D eigenvalue weighted by Gasteiger charge is 2.30. The number of nitrogens with zero attached hydrogens (tertiary/aromatic N) is 1. The van der Waals surface area contributed by atoms with E-state index < -0.39 is 5.60 Å². The molecule has 0 spiro atoms. The van der Waals surface area contributed by atoms with E-state index in [2.05, 4.69) is 10.3 Å². The Bertz CT molecular complexity index is 1260. The lowest BCUT2D eigenvalue weighted by molar-refractivity contribution is -0.128. The van der Waals surface area contributed by atoms with Gasteiger partial charge < -0.3 is 14.5 Å². The van der Waals surface area contributed by atoms with Crippen LogP contribution in [0.4, 0.5) is 5.69 Å². The molecule has 0 saturated heterocycles. The Labute approximate surface area is 189 Å². The van der Waals surface area contributed by atoms with Gasteiger partial charge in [-0.15, -0.1) is 0 Å². The fraction of sp³-hybridized carbons (Fsp3) is 0.167. The Morgan fingerprint density at radius 2 is 1.74 bits per heavy atom. The third kappa shape index (κ3) is 4.53. The van der Waals surface area contributed by atoms with Crippen molar-refractivity contribution in [3.8, 4) is 17.2 Å². The van der Waals surface area contributed by atoms with Gasteiger partial charge in [0, 0.05) is 21.3 Å². The van der Waals surface area contributed by atoms with E-state index in [1.54, 1.807) is 56.3 Å². The van der Waals surface area contributed by atoms with E-state index in [-0.39, 0.29) is 5.91 Å². The van der Waals surface area contributed by atoms with Gasteiger partial charge in [0.05, 0.1) is 0 Å². The van der Waals surface area contributed by atoms with Crippen LogP contribution in [0.25, 0.3) is 22.6 Å². The molecule has 0 atom stereocenters. The lowest BCUT2D eigenvalue weighted by Gasteiger charge is -2.26. The monoisotopic (exact) mass is 454 g/mol. The van der Waals surface area contributed by atoms with Gasteiger partial charge in [-0.1, -0.05) is 29.3 Å². The van der Waals surface area contributed by atoms with Crippen LogP contribution in [0, 0.1) is 6.92 Å². The number of anilines is 1. The molecule has 0 radical (unpaired) electrons. The Morgan fingerprint density at radius 1 is 1.03 bits per heavy atom. The number of nitrogens with one attached hydrogen (secondary N) is 1. The second kappa shape index (κ2) is 8.25. The van der Waals surface area contributed by atoms with Crippen LogP contribution in [0.5, 0.6) is 5.75 Å². The number of amides is 1. The molecule has 0 unspecified atom stereocenters. The van der Waals surface area contributed by atoms with Crippen LogP contribution in [0.2, 0.25) is 10.0 Å². The number of benzene rings is 3. The van der Waals surface area contributed by atoms with Gasteiger partial charge in [-0.25, -0.2) is 4.98 Å². The summed E-state index contributed by atoms with van der Waals surface area (Å²) in [7, 11) is 0. The molecule has 5 nitrogen and oxygen atoms in total. The summed E-state index contributed by atoms with van der Waals surface area (Å²) in [6.45, 7) is 5.32. The number of hydrogen-bond acceptors (Lipinski definition) is 4. The first-order valence-electron chi connectivity index (χ1n) is 9.65. The third-order valence-electron chi connectivity index (χ3n) is 4.90. The fourth-order valence-corrected chi connectivity index (χ4v) is 3.43. The van der Waals surface area contributed by atoms with Crippen LogP contribution < -0.4 is 10.1 Å². The van der Waals surface area contributed by atoms with Gasteiger partial charge in [0.25, 0.3) is 5.91 Å². The average Bonchev–Trinajstić information content (AvgIpc) is 3.14. The van der Waals surface area contributed by atoms with Crippen molar-refractivity contribution >= 4 is 45.9 Å². The van der Waals surface area contributed by atoms with Crippen LogP contribution in [-0.2, 0) is 4.79 Å². The predicted molar refractivity (Wildman–Crippen MR) is 124 cm³/mol. The summed E-state index contributed by atoms with van der Waals surface area (Å²) in [5.41, 5.74) is 2.47. The molecule has 7 heteroatoms. The van der Waals surface area contributed by atoms with Crippen molar-refractivity contribution in [1.29, 1.82) is 0 Å². The third-order valence-corrected chi connectivity index (χ3v) is 5.38. The van der Waals surface area contributed by atoms with Gasteiger partial charge in [-0.2, -0.15) is 0 Å². The molecular formula is C24H20Cl2N2O3. The van der Waals surface area contributed by atoms with Crippen molar-refractivity contribution in [3.63, 3.8) is 0 Å². The number of carbonyl (C=O) groups excluding carboxylic acids is 1. The molecule has 1 heterocycles. The summed E-state index contributed by atoms with van der Waals surface area (Å²) in [6, 6.07) is 17.7. The molecule has 0 bridgehead atoms. The van der Waals surface area contributed by atoms with Gasteiger partial charge >= 0.3 is 0 Å². The number of rotatable bonds is 5. The zero-order valence-electron chi connectivity index (χ0n) is 17.2. The van der Waals surface area contributed by atoms with E-state index in [1.807, 2.05) is 25.1 Å². The maximum Gasteiger partial charge on any atom is 0.267 e. The van der Waals surface area contributed by atoms with E-state index in [9.17, 15) is 4.79 Å². The molecule has 1 aromatic heterocycles. The normalized spacial score (nSPS) is 11.5. The Balaban J connectivity index is 1.58. The van der Waals surface area contributed by atoms with E-state index in [0.717, 1.165) is 11.1 Å². The molecular weight excluding hydrogens is 435 g/mol. The molecule has 4 rings (SSSR count). The Morgan fingerprint density at radius 3 is 2.48 bits per heavy atom. The molecule has 3 aromatic carbocycles. The summed E-state index contributed by atoms with van der Waals surface area (Å²) >= 11 is 12.0. The van der Waals surface area contributed by atoms with Crippen molar-refractivity contribution in [3.05, 3.63) is 76.3 Å². The number of carbonyl (C=O) groups is 1. The molecule has 1 N–H and O–H groups in total. The average molecular weight is 455 g/mol. The molecule has 0 aliphatic carbocycles. The summed E-state index contributed by atoms with van der Waals surface area (Å²) < 4.78 is 11.8. The van der Waals surface area contributed by atoms with Gasteiger partial charge in [0.15, 0.2) is 11.2 Å². The number of fused-ring (bicyclic) bond motifs is 1. The molecule has 0 fully saturated rings. The predicted octanol–water partition coefficient (Wildman–Crippen LogP) is 6.91. The number of oxazole rings is 1. The molecule has 31 heavy (non-hydrogen) atoms. The summed E-state index contributed by atoms with van der Waals surface area (Å²) in [5, 5.41) is 4.15. The van der Waals surface area contributed by atoms with Crippen molar-refractivity contribution in [2.45, 2.75) is 26.4 Å². The zero-order chi connectivity index (χ0) is 22.2. The maximum atomic E-state index is 13.0. The number of halogens is 2. The molecule has 158 valence electrons. The van der Waals surface area contributed by atoms with Crippen LogP contribution in [-0.4, -0.2) is 16.5 Å². The largest absolute Gasteiger partial charge is 0.478 e. The maximum absolute atomic E-state index is 13.0. The highest BCUT2D eigenvalue weighted by atomic mass is 35.5. The fourth-order valence-electron chi connectivity index (χ4n) is 3.13. The van der Waals surface area contributed by atoms with E-state index in [1.165, 1.54) is 0 Å². The molecule has 0 aliphatic rings. The standard InChI is InChI=1S/C24H20Cl2N2O3/c1-14-18(22-27-20-13-16(26)9-12-21(20)30-22)5-4-6-19(14)28-23(29)24(2,3)31-17-10-7-15(25)8-11-17/h4-13H,1-3H3,(H,28,29). The van der Waals surface area contributed by atoms with Crippen LogP contribution in [0.3, 0.4) is 0 Å². The lowest BCUT2D eigenvalue weighted by Crippen LogP contribution is -2.42. The van der Waals surface area contributed by atoms with Crippen LogP contribution >= 0.6 is 23.2 Å².